The predicted molar refractivity (Wildman–Crippen MR) is 588 cm³/mol. The van der Waals surface area contributed by atoms with Gasteiger partial charge >= 0.3 is 0 Å². The van der Waals surface area contributed by atoms with Crippen LogP contribution in [-0.4, -0.2) is 54.4 Å². The Morgan fingerprint density at radius 2 is 0.549 bits per heavy atom. The Morgan fingerprint density at radius 3 is 1.08 bits per heavy atom. The van der Waals surface area contributed by atoms with Crippen LogP contribution in [0.4, 0.5) is 0 Å². The number of rotatable bonds is 16. The fraction of sp³-hybridized carbons (Fsp3) is 0. The number of hydrogen-bond donors (Lipinski definition) is 0. The highest BCUT2D eigenvalue weighted by Gasteiger charge is 2.26. The van der Waals surface area contributed by atoms with E-state index in [1.54, 1.807) is 22.7 Å². The van der Waals surface area contributed by atoms with Gasteiger partial charge < -0.3 is 13.3 Å². The number of fused-ring (bicyclic) bond motifs is 12. The second-order valence-electron chi connectivity index (χ2n) is 35.2. The number of aromatic nitrogens is 11. The van der Waals surface area contributed by atoms with Crippen molar-refractivity contribution in [3.63, 3.8) is 0 Å². The van der Waals surface area contributed by atoms with Gasteiger partial charge in [-0.05, 0) is 179 Å². The highest BCUT2D eigenvalue weighted by molar-refractivity contribution is 7.26. The van der Waals surface area contributed by atoms with E-state index >= 15 is 0 Å². The first kappa shape index (κ1) is 85.4. The second kappa shape index (κ2) is 37.1. The summed E-state index contributed by atoms with van der Waals surface area (Å²) in [5.74, 6) is 5.29. The largest absolute Gasteiger partial charge is 0.456 e. The van der Waals surface area contributed by atoms with Gasteiger partial charge in [-0.1, -0.05) is 334 Å². The lowest BCUT2D eigenvalue weighted by Gasteiger charge is -2.12. The maximum absolute atomic E-state index is 6.41. The quantitative estimate of drug-likeness (QED) is 0.0895. The standard InChI is InChI=1S/C47H29N3OS.C41H25N3OS.C40H25N5O/c1-3-11-30(12-4-1)32-21-23-33(24-22-32)40-29-41(49-46(48-40)35-16-9-15-34(27-35)31-13-5-2-6-14-31)37-17-10-20-44-45(37)38-28-36(25-26-43(38)52-44)47-50-39-18-7-8-19-42(39)51-47;1-3-11-26(12-4-1)28-15-9-16-29(23-28)34-25-35(43-40(42-34)27-13-5-2-6-14-27)31-17-10-20-38-39(31)32-24-30(21-22-37(32)46-38)41-44-33-18-7-8-19-36(33)45-41;1-4-13-26(14-5-1)37-42-38(27-15-6-2-7-16-27)44-39(43-37)30-19-12-22-35-36(30)31-25-28(23-24-34(31)46-35)40-41-32-20-10-11-21-33(32)45(40)29-17-8-3-9-18-29/h1-29H;2*1-25H. The third-order valence-corrected chi connectivity index (χ3v) is 28.4. The van der Waals surface area contributed by atoms with Crippen molar-refractivity contribution in [1.29, 1.82) is 0 Å². The van der Waals surface area contributed by atoms with Crippen molar-refractivity contribution in [3.05, 3.63) is 479 Å². The molecule has 144 heavy (non-hydrogen) atoms. The lowest BCUT2D eigenvalue weighted by molar-refractivity contribution is 0.619. The minimum Gasteiger partial charge on any atom is -0.456 e. The zero-order chi connectivity index (χ0) is 95.3. The van der Waals surface area contributed by atoms with Gasteiger partial charge in [-0.25, -0.2) is 49.8 Å². The average molecular weight is 1880 g/mol. The molecule has 0 atom stereocenters. The normalized spacial score (nSPS) is 11.5. The molecule has 0 amide bonds. The van der Waals surface area contributed by atoms with Crippen LogP contribution in [0.5, 0.6) is 0 Å². The van der Waals surface area contributed by atoms with E-state index in [0.29, 0.717) is 40.9 Å². The fourth-order valence-corrected chi connectivity index (χ4v) is 21.4. The first-order valence-corrected chi connectivity index (χ1v) is 49.2. The molecule has 0 spiro atoms. The predicted octanol–water partition coefficient (Wildman–Crippen LogP) is 34.1. The summed E-state index contributed by atoms with van der Waals surface area (Å²) in [4.78, 5) is 50.4. The molecular weight excluding hydrogens is 1800 g/mol. The van der Waals surface area contributed by atoms with Gasteiger partial charge in [0.25, 0.3) is 0 Å². The Hall–Kier alpha value is -19.0. The van der Waals surface area contributed by atoms with Crippen LogP contribution < -0.4 is 0 Å². The molecule has 0 bridgehead atoms. The van der Waals surface area contributed by atoms with E-state index in [2.05, 4.69) is 308 Å². The molecule has 0 N–H and O–H groups in total. The van der Waals surface area contributed by atoms with Crippen LogP contribution in [0.25, 0.3) is 271 Å². The number of nitrogens with zero attached hydrogens (tertiary/aromatic N) is 11. The summed E-state index contributed by atoms with van der Waals surface area (Å²) in [7, 11) is 0. The molecule has 0 aliphatic carbocycles. The molecule has 28 aromatic rings. The van der Waals surface area contributed by atoms with Crippen LogP contribution in [0.1, 0.15) is 0 Å². The maximum atomic E-state index is 6.41. The smallest absolute Gasteiger partial charge is 0.227 e. The summed E-state index contributed by atoms with van der Waals surface area (Å²) in [5, 5.41) is 6.55. The van der Waals surface area contributed by atoms with Gasteiger partial charge in [-0.2, -0.15) is 0 Å². The summed E-state index contributed by atoms with van der Waals surface area (Å²) < 4.78 is 25.8. The molecule has 0 saturated carbocycles. The van der Waals surface area contributed by atoms with Crippen LogP contribution in [0.15, 0.2) is 492 Å². The van der Waals surface area contributed by atoms with Gasteiger partial charge in [0.1, 0.15) is 28.0 Å². The summed E-state index contributed by atoms with van der Waals surface area (Å²) in [6.07, 6.45) is 0. The van der Waals surface area contributed by atoms with Gasteiger partial charge in [-0.15, -0.1) is 22.7 Å². The van der Waals surface area contributed by atoms with Gasteiger partial charge in [0.15, 0.2) is 40.3 Å². The van der Waals surface area contributed by atoms with Crippen molar-refractivity contribution in [2.45, 2.75) is 0 Å². The molecule has 0 unspecified atom stereocenters. The monoisotopic (exact) mass is 1880 g/mol. The van der Waals surface area contributed by atoms with Gasteiger partial charge in [0, 0.05) is 124 Å². The number of para-hydroxylation sites is 7. The first-order valence-electron chi connectivity index (χ1n) is 47.6. The number of hydrogen-bond acceptors (Lipinski definition) is 15. The highest BCUT2D eigenvalue weighted by atomic mass is 32.1. The van der Waals surface area contributed by atoms with Gasteiger partial charge in [-0.3, -0.25) is 4.57 Å². The number of benzene rings is 19. The lowest BCUT2D eigenvalue weighted by atomic mass is 9.99. The summed E-state index contributed by atoms with van der Waals surface area (Å²) in [6.45, 7) is 0. The topological polar surface area (TPSA) is 173 Å². The van der Waals surface area contributed by atoms with Crippen LogP contribution in [0.2, 0.25) is 0 Å². The van der Waals surface area contributed by atoms with E-state index in [1.165, 1.54) is 40.9 Å². The van der Waals surface area contributed by atoms with E-state index in [0.717, 1.165) is 189 Å². The molecule has 19 aromatic carbocycles. The maximum Gasteiger partial charge on any atom is 0.227 e. The lowest BCUT2D eigenvalue weighted by Crippen LogP contribution is -2.00. The summed E-state index contributed by atoms with van der Waals surface area (Å²) >= 11 is 3.57. The molecule has 16 heteroatoms. The van der Waals surface area contributed by atoms with E-state index in [-0.39, 0.29) is 0 Å². The van der Waals surface area contributed by atoms with E-state index in [9.17, 15) is 0 Å². The van der Waals surface area contributed by atoms with E-state index < -0.39 is 0 Å². The molecule has 9 heterocycles. The van der Waals surface area contributed by atoms with Gasteiger partial charge in [0.05, 0.1) is 33.8 Å². The van der Waals surface area contributed by atoms with Crippen molar-refractivity contribution in [1.82, 2.24) is 54.4 Å². The minimum atomic E-state index is 0.586. The number of imidazole rings is 1. The Morgan fingerprint density at radius 1 is 0.181 bits per heavy atom. The highest BCUT2D eigenvalue weighted by Crippen LogP contribution is 2.48. The van der Waals surface area contributed by atoms with Gasteiger partial charge in [0.2, 0.25) is 11.8 Å². The van der Waals surface area contributed by atoms with Crippen molar-refractivity contribution in [2.24, 2.45) is 0 Å². The van der Waals surface area contributed by atoms with Crippen molar-refractivity contribution in [3.8, 4) is 175 Å². The summed E-state index contributed by atoms with van der Waals surface area (Å²) in [6, 6.07) is 164. The number of furan rings is 1. The third-order valence-electron chi connectivity index (χ3n) is 26.2. The molecule has 0 saturated heterocycles. The number of thiophene rings is 2. The molecule has 0 aliphatic heterocycles. The second-order valence-corrected chi connectivity index (χ2v) is 37.4. The average Bonchev–Trinajstić information content (AvgIpc) is 1.56. The Kier molecular flexibility index (Phi) is 22.0. The Labute approximate surface area is 834 Å². The van der Waals surface area contributed by atoms with Crippen LogP contribution >= 0.6 is 22.7 Å². The zero-order valence-corrected chi connectivity index (χ0v) is 78.7. The number of oxazole rings is 2. The summed E-state index contributed by atoms with van der Waals surface area (Å²) in [5.41, 5.74) is 30.1. The molecule has 28 rings (SSSR count). The van der Waals surface area contributed by atoms with Crippen LogP contribution in [0.3, 0.4) is 0 Å². The first-order chi connectivity index (χ1) is 71.3. The van der Waals surface area contributed by atoms with Crippen molar-refractivity contribution >= 4 is 118 Å². The molecule has 9 aromatic heterocycles. The van der Waals surface area contributed by atoms with Crippen LogP contribution in [-0.2, 0) is 0 Å². The Balaban J connectivity index is 0.000000110. The zero-order valence-electron chi connectivity index (χ0n) is 77.1. The molecular formula is C128H79N11O3S2. The molecule has 0 aliphatic rings. The van der Waals surface area contributed by atoms with Crippen molar-refractivity contribution < 1.29 is 13.3 Å². The SMILES string of the molecule is c1ccc(-c2ccc(-c3cc(-c4cccc5sc6ccc(-c7nc8ccccc8o7)cc6c45)nc(-c4cccc(-c5ccccc5)c4)n3)cc2)cc1.c1ccc(-c2cccc(-c3cc(-c4cccc5sc6ccc(-c7nc8ccccc8o7)cc6c45)nc(-c4ccccc4)n3)c2)cc1.c1ccc(-c2nc(-c3ccccc3)nc(-c3cccc4oc5ccc(-c6nc7ccccc7n6-c6ccccc6)cc5c34)n2)cc1. The van der Waals surface area contributed by atoms with E-state index in [4.69, 9.17) is 63.1 Å². The van der Waals surface area contributed by atoms with E-state index in [1.807, 2.05) is 176 Å². The molecule has 14 nitrogen and oxygen atoms in total. The van der Waals surface area contributed by atoms with Crippen LogP contribution in [0, 0.1) is 0 Å². The molecule has 0 fully saturated rings. The third kappa shape index (κ3) is 16.5. The minimum absolute atomic E-state index is 0.586. The molecule has 676 valence electrons. The van der Waals surface area contributed by atoms with Crippen molar-refractivity contribution in [2.75, 3.05) is 0 Å². The fourth-order valence-electron chi connectivity index (χ4n) is 19.2. The Bertz CT molecular complexity index is 9590. The molecule has 0 radical (unpaired) electrons.